The summed E-state index contributed by atoms with van der Waals surface area (Å²) in [6, 6.07) is 5.54. The molecule has 0 saturated carbocycles. The van der Waals surface area contributed by atoms with Crippen molar-refractivity contribution >= 4 is 67.8 Å². The second-order valence-corrected chi connectivity index (χ2v) is 6.89. The molecular formula is C12H9BrCl3NS. The molecule has 0 saturated heterocycles. The number of benzene rings is 1. The van der Waals surface area contributed by atoms with Gasteiger partial charge in [0.1, 0.15) is 0 Å². The second-order valence-electron chi connectivity index (χ2n) is 3.78. The van der Waals surface area contributed by atoms with Gasteiger partial charge < -0.3 is 5.32 Å². The lowest BCUT2D eigenvalue weighted by Crippen LogP contribution is -2.05. The molecule has 1 aromatic heterocycles. The van der Waals surface area contributed by atoms with E-state index in [1.165, 1.54) is 4.88 Å². The third-order valence-corrected chi connectivity index (χ3v) is 5.07. The molecule has 18 heavy (non-hydrogen) atoms. The fourth-order valence-electron chi connectivity index (χ4n) is 1.52. The van der Waals surface area contributed by atoms with Gasteiger partial charge in [-0.15, -0.1) is 11.3 Å². The van der Waals surface area contributed by atoms with Crippen LogP contribution < -0.4 is 5.32 Å². The Morgan fingerprint density at radius 1 is 1.17 bits per heavy atom. The second kappa shape index (κ2) is 6.02. The maximum Gasteiger partial charge on any atom is 0.0724 e. The molecule has 1 unspecified atom stereocenters. The van der Waals surface area contributed by atoms with Crippen molar-refractivity contribution in [2.24, 2.45) is 0 Å². The van der Waals surface area contributed by atoms with Crippen LogP contribution in [0.4, 0.5) is 5.69 Å². The summed E-state index contributed by atoms with van der Waals surface area (Å²) in [5, 5.41) is 6.92. The zero-order chi connectivity index (χ0) is 13.3. The first-order valence-electron chi connectivity index (χ1n) is 5.12. The minimum Gasteiger partial charge on any atom is -0.375 e. The van der Waals surface area contributed by atoms with Crippen LogP contribution in [0.3, 0.4) is 0 Å². The first-order valence-corrected chi connectivity index (χ1v) is 7.93. The number of anilines is 1. The van der Waals surface area contributed by atoms with Gasteiger partial charge in [0.2, 0.25) is 0 Å². The van der Waals surface area contributed by atoms with Crippen LogP contribution in [0.1, 0.15) is 17.8 Å². The van der Waals surface area contributed by atoms with Crippen LogP contribution in [0.15, 0.2) is 28.1 Å². The Hall–Kier alpha value is 0.0700. The van der Waals surface area contributed by atoms with Crippen LogP contribution in [0, 0.1) is 0 Å². The van der Waals surface area contributed by atoms with Crippen molar-refractivity contribution in [3.8, 4) is 0 Å². The molecule has 1 atom stereocenters. The molecule has 0 radical (unpaired) electrons. The topological polar surface area (TPSA) is 12.0 Å². The van der Waals surface area contributed by atoms with Gasteiger partial charge >= 0.3 is 0 Å². The summed E-state index contributed by atoms with van der Waals surface area (Å²) in [4.78, 5) is 1.20. The van der Waals surface area contributed by atoms with Gasteiger partial charge in [-0.25, -0.2) is 0 Å². The average Bonchev–Trinajstić information content (AvgIpc) is 2.70. The molecule has 0 amide bonds. The molecule has 0 aliphatic carbocycles. The number of thiophene rings is 1. The average molecular weight is 386 g/mol. The summed E-state index contributed by atoms with van der Waals surface area (Å²) in [7, 11) is 0. The molecule has 0 fully saturated rings. The molecule has 96 valence electrons. The van der Waals surface area contributed by atoms with Crippen LogP contribution in [0.2, 0.25) is 15.1 Å². The minimum absolute atomic E-state index is 0.123. The maximum absolute atomic E-state index is 6.13. The van der Waals surface area contributed by atoms with Crippen molar-refractivity contribution in [1.82, 2.24) is 0 Å². The number of hydrogen-bond acceptors (Lipinski definition) is 2. The predicted molar refractivity (Wildman–Crippen MR) is 85.5 cm³/mol. The molecule has 0 aliphatic rings. The van der Waals surface area contributed by atoms with Crippen molar-refractivity contribution in [3.05, 3.63) is 48.0 Å². The van der Waals surface area contributed by atoms with Gasteiger partial charge in [-0.2, -0.15) is 0 Å². The summed E-state index contributed by atoms with van der Waals surface area (Å²) in [6.07, 6.45) is 0. The highest BCUT2D eigenvalue weighted by atomic mass is 79.9. The monoisotopic (exact) mass is 383 g/mol. The predicted octanol–water partition coefficient (Wildman–Crippen LogP) is 6.64. The first kappa shape index (κ1) is 14.5. The molecule has 0 spiro atoms. The Labute approximate surface area is 133 Å². The highest BCUT2D eigenvalue weighted by Crippen LogP contribution is 2.37. The van der Waals surface area contributed by atoms with E-state index in [1.807, 2.05) is 5.38 Å². The van der Waals surface area contributed by atoms with Crippen molar-refractivity contribution in [2.45, 2.75) is 13.0 Å². The van der Waals surface area contributed by atoms with Crippen molar-refractivity contribution in [2.75, 3.05) is 5.32 Å². The SMILES string of the molecule is CC(Nc1c(Cl)cc(Cl)cc1Cl)c1cc(Br)cs1. The van der Waals surface area contributed by atoms with Crippen molar-refractivity contribution in [1.29, 1.82) is 0 Å². The third kappa shape index (κ3) is 3.34. The smallest absolute Gasteiger partial charge is 0.0724 e. The normalized spacial score (nSPS) is 12.5. The van der Waals surface area contributed by atoms with Crippen LogP contribution in [0.5, 0.6) is 0 Å². The number of halogens is 4. The maximum atomic E-state index is 6.13. The molecule has 1 aromatic carbocycles. The number of rotatable bonds is 3. The van der Waals surface area contributed by atoms with E-state index < -0.39 is 0 Å². The van der Waals surface area contributed by atoms with E-state index >= 15 is 0 Å². The Balaban J connectivity index is 2.24. The van der Waals surface area contributed by atoms with Gasteiger partial charge in [0.25, 0.3) is 0 Å². The van der Waals surface area contributed by atoms with Crippen LogP contribution in [-0.2, 0) is 0 Å². The van der Waals surface area contributed by atoms with Gasteiger partial charge in [0.05, 0.1) is 21.8 Å². The van der Waals surface area contributed by atoms with E-state index in [0.29, 0.717) is 20.8 Å². The van der Waals surface area contributed by atoms with Crippen LogP contribution in [0.25, 0.3) is 0 Å². The molecule has 1 N–H and O–H groups in total. The van der Waals surface area contributed by atoms with Crippen molar-refractivity contribution < 1.29 is 0 Å². The van der Waals surface area contributed by atoms with Gasteiger partial charge in [0, 0.05) is 19.8 Å². The standard InChI is InChI=1S/C12H9BrCl3NS/c1-6(11-2-7(13)5-18-11)17-12-9(15)3-8(14)4-10(12)16/h2-6,17H,1H3. The lowest BCUT2D eigenvalue weighted by molar-refractivity contribution is 0.908. The van der Waals surface area contributed by atoms with Crippen molar-refractivity contribution in [3.63, 3.8) is 0 Å². The van der Waals surface area contributed by atoms with E-state index in [0.717, 1.165) is 4.47 Å². The van der Waals surface area contributed by atoms with Gasteiger partial charge in [-0.3, -0.25) is 0 Å². The van der Waals surface area contributed by atoms with E-state index in [9.17, 15) is 0 Å². The summed E-state index contributed by atoms with van der Waals surface area (Å²) < 4.78 is 1.07. The summed E-state index contributed by atoms with van der Waals surface area (Å²) in [6.45, 7) is 2.06. The van der Waals surface area contributed by atoms with Crippen LogP contribution in [-0.4, -0.2) is 0 Å². The fraction of sp³-hybridized carbons (Fsp3) is 0.167. The Morgan fingerprint density at radius 2 is 1.78 bits per heavy atom. The molecule has 6 heteroatoms. The minimum atomic E-state index is 0.123. The Kier molecular flexibility index (Phi) is 4.84. The van der Waals surface area contributed by atoms with E-state index in [2.05, 4.69) is 34.2 Å². The fourth-order valence-corrected chi connectivity index (χ4v) is 3.90. The highest BCUT2D eigenvalue weighted by molar-refractivity contribution is 9.10. The molecule has 2 aromatic rings. The number of nitrogens with one attached hydrogen (secondary N) is 1. The molecular weight excluding hydrogens is 376 g/mol. The highest BCUT2D eigenvalue weighted by Gasteiger charge is 2.13. The van der Waals surface area contributed by atoms with E-state index in [1.54, 1.807) is 23.5 Å². The molecule has 0 bridgehead atoms. The molecule has 1 nitrogen and oxygen atoms in total. The van der Waals surface area contributed by atoms with Gasteiger partial charge in [-0.05, 0) is 41.1 Å². The molecule has 2 rings (SSSR count). The van der Waals surface area contributed by atoms with E-state index in [4.69, 9.17) is 34.8 Å². The summed E-state index contributed by atoms with van der Waals surface area (Å²) in [5.74, 6) is 0. The molecule has 1 heterocycles. The zero-order valence-electron chi connectivity index (χ0n) is 9.31. The van der Waals surface area contributed by atoms with Gasteiger partial charge in [0.15, 0.2) is 0 Å². The number of hydrogen-bond donors (Lipinski definition) is 1. The lowest BCUT2D eigenvalue weighted by atomic mass is 10.2. The molecule has 0 aliphatic heterocycles. The lowest BCUT2D eigenvalue weighted by Gasteiger charge is -2.16. The largest absolute Gasteiger partial charge is 0.375 e. The first-order chi connectivity index (χ1) is 8.47. The van der Waals surface area contributed by atoms with Crippen LogP contribution >= 0.6 is 62.1 Å². The summed E-state index contributed by atoms with van der Waals surface area (Å²) >= 11 is 23.3. The summed E-state index contributed by atoms with van der Waals surface area (Å²) in [5.41, 5.74) is 0.708. The van der Waals surface area contributed by atoms with E-state index in [-0.39, 0.29) is 6.04 Å². The zero-order valence-corrected chi connectivity index (χ0v) is 14.0. The van der Waals surface area contributed by atoms with Gasteiger partial charge in [-0.1, -0.05) is 34.8 Å². The third-order valence-electron chi connectivity index (χ3n) is 2.38. The Bertz CT molecular complexity index is 547. The quantitative estimate of drug-likeness (QED) is 0.624. The Morgan fingerprint density at radius 3 is 2.28 bits per heavy atom.